The van der Waals surface area contributed by atoms with Gasteiger partial charge in [-0.1, -0.05) is 6.07 Å². The highest BCUT2D eigenvalue weighted by molar-refractivity contribution is 7.89. The Morgan fingerprint density at radius 1 is 1.14 bits per heavy atom. The number of benzene rings is 1. The Morgan fingerprint density at radius 2 is 1.93 bits per heavy atom. The van der Waals surface area contributed by atoms with Crippen molar-refractivity contribution in [2.75, 3.05) is 52.5 Å². The molecule has 0 spiro atoms. The van der Waals surface area contributed by atoms with Gasteiger partial charge in [-0.2, -0.15) is 4.31 Å². The van der Waals surface area contributed by atoms with Crippen molar-refractivity contribution in [2.24, 2.45) is 0 Å². The normalized spacial score (nSPS) is 24.7. The molecule has 0 radical (unpaired) electrons. The van der Waals surface area contributed by atoms with Crippen molar-refractivity contribution in [2.45, 2.75) is 49.2 Å². The Hall–Kier alpha value is -1.03. The predicted octanol–water partition coefficient (Wildman–Crippen LogP) is 1.04. The number of rotatable bonds is 8. The maximum atomic E-state index is 13.0. The van der Waals surface area contributed by atoms with Crippen LogP contribution < -0.4 is 0 Å². The van der Waals surface area contributed by atoms with Crippen molar-refractivity contribution in [1.29, 1.82) is 0 Å². The summed E-state index contributed by atoms with van der Waals surface area (Å²) in [5.41, 5.74) is 2.46. The van der Waals surface area contributed by atoms with Crippen molar-refractivity contribution >= 4 is 10.0 Å². The van der Waals surface area contributed by atoms with Crippen molar-refractivity contribution in [1.82, 2.24) is 9.21 Å². The first kappa shape index (κ1) is 21.2. The van der Waals surface area contributed by atoms with Crippen LogP contribution in [0, 0.1) is 0 Å². The number of hydrogen-bond acceptors (Lipinski definition) is 6. The molecule has 2 atom stereocenters. The van der Waals surface area contributed by atoms with Crippen molar-refractivity contribution < 1.29 is 23.0 Å². The fourth-order valence-corrected chi connectivity index (χ4v) is 5.95. The summed E-state index contributed by atoms with van der Waals surface area (Å²) in [5, 5.41) is 10.2. The zero-order valence-corrected chi connectivity index (χ0v) is 17.8. The summed E-state index contributed by atoms with van der Waals surface area (Å²) in [6.07, 6.45) is 4.82. The zero-order chi connectivity index (χ0) is 20.3. The first-order valence-electron chi connectivity index (χ1n) is 10.7. The summed E-state index contributed by atoms with van der Waals surface area (Å²) in [5.74, 6) is 0. The first-order valence-corrected chi connectivity index (χ1v) is 12.2. The molecule has 0 unspecified atom stereocenters. The SMILES string of the molecule is O=S(=O)(c1ccc2c(c1)CCC2)N1CCN(C[C@H](O)COC[C@@H]2CCCO2)CC1. The zero-order valence-electron chi connectivity index (χ0n) is 17.0. The molecule has 0 saturated carbocycles. The molecule has 8 heteroatoms. The molecule has 7 nitrogen and oxygen atoms in total. The van der Waals surface area contributed by atoms with Gasteiger partial charge in [0.2, 0.25) is 10.0 Å². The first-order chi connectivity index (χ1) is 14.0. The molecule has 4 rings (SSSR count). The van der Waals surface area contributed by atoms with Crippen LogP contribution in [0.4, 0.5) is 0 Å². The molecule has 2 fully saturated rings. The van der Waals surface area contributed by atoms with Gasteiger partial charge in [-0.3, -0.25) is 4.90 Å². The van der Waals surface area contributed by atoms with Gasteiger partial charge < -0.3 is 14.6 Å². The number of nitrogens with zero attached hydrogens (tertiary/aromatic N) is 2. The van der Waals surface area contributed by atoms with Gasteiger partial charge in [-0.25, -0.2) is 8.42 Å². The third kappa shape index (κ3) is 5.18. The molecule has 2 saturated heterocycles. The van der Waals surface area contributed by atoms with Crippen LogP contribution in [0.2, 0.25) is 0 Å². The summed E-state index contributed by atoms with van der Waals surface area (Å²) in [6, 6.07) is 5.58. The molecule has 1 aliphatic carbocycles. The molecular formula is C21H32N2O5S. The van der Waals surface area contributed by atoms with E-state index in [1.165, 1.54) is 11.1 Å². The van der Waals surface area contributed by atoms with E-state index in [0.29, 0.717) is 44.2 Å². The Morgan fingerprint density at radius 3 is 2.69 bits per heavy atom. The van der Waals surface area contributed by atoms with Crippen LogP contribution in [0.15, 0.2) is 23.1 Å². The number of sulfonamides is 1. The Labute approximate surface area is 173 Å². The van der Waals surface area contributed by atoms with E-state index in [-0.39, 0.29) is 12.7 Å². The highest BCUT2D eigenvalue weighted by Crippen LogP contribution is 2.26. The van der Waals surface area contributed by atoms with Crippen molar-refractivity contribution in [3.63, 3.8) is 0 Å². The molecule has 2 aliphatic heterocycles. The minimum absolute atomic E-state index is 0.162. The summed E-state index contributed by atoms with van der Waals surface area (Å²) in [7, 11) is -3.45. The summed E-state index contributed by atoms with van der Waals surface area (Å²) in [6.45, 7) is 4.25. The van der Waals surface area contributed by atoms with Gasteiger partial charge in [0.05, 0.1) is 30.3 Å². The Bertz CT molecular complexity index is 786. The summed E-state index contributed by atoms with van der Waals surface area (Å²) >= 11 is 0. The monoisotopic (exact) mass is 424 g/mol. The molecule has 29 heavy (non-hydrogen) atoms. The standard InChI is InChI=1S/C21H32N2O5S/c24-19(15-27-16-20-5-2-12-28-20)14-22-8-10-23(11-9-22)29(25,26)21-7-6-17-3-1-4-18(17)13-21/h6-7,13,19-20,24H,1-5,8-12,14-16H2/t19-,20-/m0/s1. The number of aliphatic hydroxyl groups is 1. The molecule has 3 aliphatic rings. The predicted molar refractivity (Wildman–Crippen MR) is 109 cm³/mol. The summed E-state index contributed by atoms with van der Waals surface area (Å²) < 4.78 is 38.7. The van der Waals surface area contributed by atoms with E-state index in [1.54, 1.807) is 10.4 Å². The molecule has 0 aromatic heterocycles. The van der Waals surface area contributed by atoms with Gasteiger partial charge in [0, 0.05) is 39.3 Å². The number of piperazine rings is 1. The van der Waals surface area contributed by atoms with Crippen LogP contribution in [0.1, 0.15) is 30.4 Å². The Balaban J connectivity index is 1.23. The van der Waals surface area contributed by atoms with Gasteiger partial charge in [0.25, 0.3) is 0 Å². The maximum absolute atomic E-state index is 13.0. The molecule has 0 amide bonds. The number of fused-ring (bicyclic) bond motifs is 1. The molecule has 1 aromatic rings. The maximum Gasteiger partial charge on any atom is 0.243 e. The van der Waals surface area contributed by atoms with Gasteiger partial charge in [0.1, 0.15) is 0 Å². The minimum Gasteiger partial charge on any atom is -0.389 e. The second-order valence-corrected chi connectivity index (χ2v) is 10.3. The van der Waals surface area contributed by atoms with Crippen LogP contribution in [-0.2, 0) is 32.3 Å². The number of β-amino-alcohol motifs (C(OH)–C–C–N with tert-alkyl or cyclic N) is 1. The lowest BCUT2D eigenvalue weighted by Crippen LogP contribution is -2.50. The number of hydrogen-bond donors (Lipinski definition) is 1. The van der Waals surface area contributed by atoms with E-state index in [2.05, 4.69) is 4.90 Å². The van der Waals surface area contributed by atoms with Gasteiger partial charge >= 0.3 is 0 Å². The quantitative estimate of drug-likeness (QED) is 0.672. The van der Waals surface area contributed by atoms with Crippen LogP contribution in [-0.4, -0.2) is 87.5 Å². The average Bonchev–Trinajstić information content (AvgIpc) is 3.39. The summed E-state index contributed by atoms with van der Waals surface area (Å²) in [4.78, 5) is 2.52. The minimum atomic E-state index is -3.45. The molecule has 2 heterocycles. The lowest BCUT2D eigenvalue weighted by Gasteiger charge is -2.35. The largest absolute Gasteiger partial charge is 0.389 e. The lowest BCUT2D eigenvalue weighted by molar-refractivity contribution is -0.0270. The second-order valence-electron chi connectivity index (χ2n) is 8.32. The highest BCUT2D eigenvalue weighted by Gasteiger charge is 2.30. The van der Waals surface area contributed by atoms with Gasteiger partial charge in [0.15, 0.2) is 0 Å². The molecule has 1 aromatic carbocycles. The second kappa shape index (κ2) is 9.41. The molecule has 0 bridgehead atoms. The average molecular weight is 425 g/mol. The number of aliphatic hydroxyl groups excluding tert-OH is 1. The Kier molecular flexibility index (Phi) is 6.88. The van der Waals surface area contributed by atoms with E-state index in [9.17, 15) is 13.5 Å². The van der Waals surface area contributed by atoms with Crippen molar-refractivity contribution in [3.05, 3.63) is 29.3 Å². The number of ether oxygens (including phenoxy) is 2. The van der Waals surface area contributed by atoms with E-state index >= 15 is 0 Å². The van der Waals surface area contributed by atoms with E-state index < -0.39 is 16.1 Å². The van der Waals surface area contributed by atoms with Gasteiger partial charge in [-0.15, -0.1) is 0 Å². The van der Waals surface area contributed by atoms with Crippen LogP contribution in [0.3, 0.4) is 0 Å². The third-order valence-electron chi connectivity index (χ3n) is 6.15. The third-order valence-corrected chi connectivity index (χ3v) is 8.04. The smallest absolute Gasteiger partial charge is 0.243 e. The molecular weight excluding hydrogens is 392 g/mol. The van der Waals surface area contributed by atoms with Crippen LogP contribution in [0.25, 0.3) is 0 Å². The van der Waals surface area contributed by atoms with E-state index in [1.807, 2.05) is 12.1 Å². The highest BCUT2D eigenvalue weighted by atomic mass is 32.2. The molecule has 1 N–H and O–H groups in total. The van der Waals surface area contributed by atoms with E-state index in [4.69, 9.17) is 9.47 Å². The fraction of sp³-hybridized carbons (Fsp3) is 0.714. The van der Waals surface area contributed by atoms with Crippen molar-refractivity contribution in [3.8, 4) is 0 Å². The fourth-order valence-electron chi connectivity index (χ4n) is 4.47. The molecule has 162 valence electrons. The number of aryl methyl sites for hydroxylation is 2. The van der Waals surface area contributed by atoms with Crippen LogP contribution in [0.5, 0.6) is 0 Å². The van der Waals surface area contributed by atoms with E-state index in [0.717, 1.165) is 38.7 Å². The van der Waals surface area contributed by atoms with Gasteiger partial charge in [-0.05, 0) is 55.4 Å². The topological polar surface area (TPSA) is 79.3 Å². The lowest BCUT2D eigenvalue weighted by atomic mass is 10.1. The van der Waals surface area contributed by atoms with Crippen LogP contribution >= 0.6 is 0 Å².